The Morgan fingerprint density at radius 3 is 2.12 bits per heavy atom. The fourth-order valence-corrected chi connectivity index (χ4v) is 3.04. The smallest absolute Gasteiger partial charge is 0.253 e. The molecule has 1 amide bonds. The van der Waals surface area contributed by atoms with E-state index in [0.29, 0.717) is 5.16 Å². The molecule has 0 aliphatic heterocycles. The molecule has 0 saturated carbocycles. The zero-order valence-corrected chi connectivity index (χ0v) is 14.1. The van der Waals surface area contributed by atoms with E-state index in [4.69, 9.17) is 5.73 Å². The minimum atomic E-state index is -0.342. The molecule has 0 radical (unpaired) electrons. The van der Waals surface area contributed by atoms with Crippen LogP contribution in [0.4, 0.5) is 17.2 Å². The monoisotopic (exact) mass is 352 g/mol. The van der Waals surface area contributed by atoms with Crippen LogP contribution in [0.1, 0.15) is 0 Å². The molecule has 1 heterocycles. The topological polar surface area (TPSA) is 92.1 Å². The van der Waals surface area contributed by atoms with E-state index >= 15 is 0 Å². The van der Waals surface area contributed by atoms with Crippen molar-refractivity contribution >= 4 is 34.9 Å². The third-order valence-corrected chi connectivity index (χ3v) is 4.21. The quantitative estimate of drug-likeness (QED) is 0.544. The van der Waals surface area contributed by atoms with Crippen LogP contribution in [-0.4, -0.2) is 21.6 Å². The summed E-state index contributed by atoms with van der Waals surface area (Å²) in [5, 5.41) is 0.319. The second kappa shape index (κ2) is 7.67. The number of rotatable bonds is 5. The number of aromatic nitrogens is 2. The maximum absolute atomic E-state index is 12.8. The Morgan fingerprint density at radius 2 is 1.60 bits per heavy atom. The van der Waals surface area contributed by atoms with Gasteiger partial charge in [0.2, 0.25) is 5.91 Å². The van der Waals surface area contributed by atoms with E-state index in [0.717, 1.165) is 23.1 Å². The minimum absolute atomic E-state index is 0.107. The maximum Gasteiger partial charge on any atom is 0.253 e. The Balaban J connectivity index is 1.83. The summed E-state index contributed by atoms with van der Waals surface area (Å²) in [6.07, 6.45) is 0. The van der Waals surface area contributed by atoms with Crippen molar-refractivity contribution in [3.05, 3.63) is 77.1 Å². The highest BCUT2D eigenvalue weighted by Gasteiger charge is 2.18. The van der Waals surface area contributed by atoms with Gasteiger partial charge in [0, 0.05) is 17.4 Å². The van der Waals surface area contributed by atoms with Gasteiger partial charge in [-0.05, 0) is 24.3 Å². The number of nitrogen functional groups attached to an aromatic ring is 1. The molecular formula is C18H16N4O2S. The predicted molar refractivity (Wildman–Crippen MR) is 100 cm³/mol. The molecule has 3 N–H and O–H groups in total. The standard InChI is InChI=1S/C18H16N4O2S/c19-15-11-16(23)21-18(20-15)25-12-17(24)22(13-7-3-1-4-8-13)14-9-5-2-6-10-14/h1-11H,12H2,(H3,19,20,21,23). The molecular weight excluding hydrogens is 336 g/mol. The number of amides is 1. The van der Waals surface area contributed by atoms with Crippen LogP contribution in [0.25, 0.3) is 0 Å². The van der Waals surface area contributed by atoms with Crippen molar-refractivity contribution < 1.29 is 4.79 Å². The third-order valence-electron chi connectivity index (χ3n) is 3.35. The lowest BCUT2D eigenvalue weighted by Crippen LogP contribution is -2.27. The van der Waals surface area contributed by atoms with Crippen LogP contribution in [-0.2, 0) is 4.79 Å². The Morgan fingerprint density at radius 1 is 1.04 bits per heavy atom. The van der Waals surface area contributed by atoms with Crippen LogP contribution >= 0.6 is 11.8 Å². The Hall–Kier alpha value is -3.06. The first kappa shape index (κ1) is 16.8. The highest BCUT2D eigenvalue weighted by atomic mass is 32.2. The van der Waals surface area contributed by atoms with Gasteiger partial charge >= 0.3 is 0 Å². The number of hydrogen-bond donors (Lipinski definition) is 2. The number of para-hydroxylation sites is 2. The SMILES string of the molecule is Nc1cc(=O)[nH]c(SCC(=O)N(c2ccccc2)c2ccccc2)n1. The summed E-state index contributed by atoms with van der Waals surface area (Å²) in [7, 11) is 0. The van der Waals surface area contributed by atoms with Gasteiger partial charge in [0.15, 0.2) is 5.16 Å². The molecule has 0 aliphatic rings. The van der Waals surface area contributed by atoms with Crippen LogP contribution in [0.15, 0.2) is 76.7 Å². The van der Waals surface area contributed by atoms with E-state index in [-0.39, 0.29) is 23.0 Å². The van der Waals surface area contributed by atoms with Gasteiger partial charge in [0.25, 0.3) is 5.56 Å². The summed E-state index contributed by atoms with van der Waals surface area (Å²) in [4.78, 5) is 32.5. The van der Waals surface area contributed by atoms with Gasteiger partial charge in [0.05, 0.1) is 5.75 Å². The number of hydrogen-bond acceptors (Lipinski definition) is 5. The van der Waals surface area contributed by atoms with Crippen molar-refractivity contribution in [3.63, 3.8) is 0 Å². The number of benzene rings is 2. The van der Waals surface area contributed by atoms with Gasteiger partial charge in [0.1, 0.15) is 5.82 Å². The number of thioether (sulfide) groups is 1. The second-order valence-electron chi connectivity index (χ2n) is 5.16. The fraction of sp³-hybridized carbons (Fsp3) is 0.0556. The number of aromatic amines is 1. The van der Waals surface area contributed by atoms with E-state index < -0.39 is 0 Å². The molecule has 7 heteroatoms. The van der Waals surface area contributed by atoms with Crippen molar-refractivity contribution in [1.82, 2.24) is 9.97 Å². The number of anilines is 3. The predicted octanol–water partition coefficient (Wildman–Crippen LogP) is 2.81. The molecule has 0 spiro atoms. The molecule has 0 atom stereocenters. The molecule has 0 aliphatic carbocycles. The normalized spacial score (nSPS) is 10.4. The highest BCUT2D eigenvalue weighted by molar-refractivity contribution is 7.99. The molecule has 0 fully saturated rings. The van der Waals surface area contributed by atoms with Crippen molar-refractivity contribution in [3.8, 4) is 0 Å². The molecule has 1 aromatic heterocycles. The highest BCUT2D eigenvalue weighted by Crippen LogP contribution is 2.26. The summed E-state index contributed by atoms with van der Waals surface area (Å²) in [6.45, 7) is 0. The first-order valence-corrected chi connectivity index (χ1v) is 8.55. The second-order valence-corrected chi connectivity index (χ2v) is 6.13. The number of nitrogens with zero attached hydrogens (tertiary/aromatic N) is 2. The van der Waals surface area contributed by atoms with Gasteiger partial charge in [-0.1, -0.05) is 48.2 Å². The first-order valence-electron chi connectivity index (χ1n) is 7.56. The molecule has 3 aromatic rings. The molecule has 126 valence electrons. The Kier molecular flexibility index (Phi) is 5.15. The van der Waals surface area contributed by atoms with E-state index in [2.05, 4.69) is 9.97 Å². The van der Waals surface area contributed by atoms with Crippen LogP contribution < -0.4 is 16.2 Å². The zero-order valence-electron chi connectivity index (χ0n) is 13.3. The van der Waals surface area contributed by atoms with Gasteiger partial charge in [-0.3, -0.25) is 14.5 Å². The van der Waals surface area contributed by atoms with Crippen LogP contribution in [0.5, 0.6) is 0 Å². The Bertz CT molecular complexity index is 874. The van der Waals surface area contributed by atoms with Gasteiger partial charge in [-0.25, -0.2) is 4.98 Å². The van der Waals surface area contributed by atoms with E-state index in [1.807, 2.05) is 60.7 Å². The summed E-state index contributed by atoms with van der Waals surface area (Å²) in [5.41, 5.74) is 6.77. The van der Waals surface area contributed by atoms with Crippen molar-refractivity contribution in [1.29, 1.82) is 0 Å². The summed E-state index contributed by atoms with van der Waals surface area (Å²) < 4.78 is 0. The number of carbonyl (C=O) groups excluding carboxylic acids is 1. The fourth-order valence-electron chi connectivity index (χ4n) is 2.31. The van der Waals surface area contributed by atoms with E-state index in [9.17, 15) is 9.59 Å². The average Bonchev–Trinajstić information content (AvgIpc) is 2.61. The van der Waals surface area contributed by atoms with Crippen LogP contribution in [0, 0.1) is 0 Å². The molecule has 0 unspecified atom stereocenters. The lowest BCUT2D eigenvalue weighted by atomic mass is 10.2. The van der Waals surface area contributed by atoms with Crippen molar-refractivity contribution in [2.75, 3.05) is 16.4 Å². The van der Waals surface area contributed by atoms with Crippen LogP contribution in [0.2, 0.25) is 0 Å². The lowest BCUT2D eigenvalue weighted by molar-refractivity contribution is -0.115. The largest absolute Gasteiger partial charge is 0.383 e. The van der Waals surface area contributed by atoms with Crippen molar-refractivity contribution in [2.24, 2.45) is 0 Å². The third kappa shape index (κ3) is 4.27. The molecule has 3 rings (SSSR count). The minimum Gasteiger partial charge on any atom is -0.383 e. The van der Waals surface area contributed by atoms with Crippen molar-refractivity contribution in [2.45, 2.75) is 5.16 Å². The maximum atomic E-state index is 12.8. The summed E-state index contributed by atoms with van der Waals surface area (Å²) in [6, 6.07) is 20.0. The number of nitrogens with two attached hydrogens (primary N) is 1. The van der Waals surface area contributed by atoms with Gasteiger partial charge < -0.3 is 10.7 Å². The average molecular weight is 352 g/mol. The Labute approximate surface area is 148 Å². The van der Waals surface area contributed by atoms with Crippen LogP contribution in [0.3, 0.4) is 0 Å². The summed E-state index contributed by atoms with van der Waals surface area (Å²) >= 11 is 1.14. The van der Waals surface area contributed by atoms with Gasteiger partial charge in [-0.2, -0.15) is 0 Å². The summed E-state index contributed by atoms with van der Waals surface area (Å²) in [5.74, 6) is 0.102. The lowest BCUT2D eigenvalue weighted by Gasteiger charge is -2.22. The molecule has 6 nitrogen and oxygen atoms in total. The number of carbonyl (C=O) groups is 1. The molecule has 0 bridgehead atoms. The zero-order chi connectivity index (χ0) is 17.6. The molecule has 0 saturated heterocycles. The molecule has 25 heavy (non-hydrogen) atoms. The van der Waals surface area contributed by atoms with E-state index in [1.54, 1.807) is 4.90 Å². The molecule has 2 aromatic carbocycles. The number of H-pyrrole nitrogens is 1. The van der Waals surface area contributed by atoms with Gasteiger partial charge in [-0.15, -0.1) is 0 Å². The first-order chi connectivity index (χ1) is 12.1. The number of nitrogens with one attached hydrogen (secondary N) is 1. The van der Waals surface area contributed by atoms with E-state index in [1.165, 1.54) is 6.07 Å².